The van der Waals surface area contributed by atoms with E-state index < -0.39 is 0 Å². The van der Waals surface area contributed by atoms with E-state index in [0.717, 1.165) is 12.8 Å². The SMILES string of the molecule is CCc1cccc(CC)c1NNC. The van der Waals surface area contributed by atoms with Crippen molar-refractivity contribution in [2.24, 2.45) is 0 Å². The largest absolute Gasteiger partial charge is 0.321 e. The average Bonchev–Trinajstić information content (AvgIpc) is 2.18. The van der Waals surface area contributed by atoms with Gasteiger partial charge in [0.25, 0.3) is 0 Å². The van der Waals surface area contributed by atoms with Gasteiger partial charge in [-0.15, -0.1) is 0 Å². The molecule has 0 atom stereocenters. The Kier molecular flexibility index (Phi) is 3.77. The molecule has 0 aliphatic carbocycles. The molecule has 0 unspecified atom stereocenters. The highest BCUT2D eigenvalue weighted by Crippen LogP contribution is 2.21. The van der Waals surface area contributed by atoms with Gasteiger partial charge in [-0.05, 0) is 24.0 Å². The van der Waals surface area contributed by atoms with E-state index in [4.69, 9.17) is 0 Å². The summed E-state index contributed by atoms with van der Waals surface area (Å²) in [5.74, 6) is 0. The molecule has 1 rings (SSSR count). The van der Waals surface area contributed by atoms with E-state index in [0.29, 0.717) is 0 Å². The summed E-state index contributed by atoms with van der Waals surface area (Å²) in [6.07, 6.45) is 2.13. The Balaban J connectivity index is 3.05. The van der Waals surface area contributed by atoms with Crippen molar-refractivity contribution >= 4 is 5.69 Å². The van der Waals surface area contributed by atoms with Crippen molar-refractivity contribution in [3.05, 3.63) is 29.3 Å². The number of hydrogen-bond acceptors (Lipinski definition) is 2. The smallest absolute Gasteiger partial charge is 0.0551 e. The van der Waals surface area contributed by atoms with Gasteiger partial charge in [0.05, 0.1) is 5.69 Å². The molecule has 0 aromatic heterocycles. The maximum Gasteiger partial charge on any atom is 0.0551 e. The van der Waals surface area contributed by atoms with Crippen LogP contribution in [0.25, 0.3) is 0 Å². The van der Waals surface area contributed by atoms with Crippen LogP contribution in [0.5, 0.6) is 0 Å². The van der Waals surface area contributed by atoms with Gasteiger partial charge in [-0.2, -0.15) is 0 Å². The molecule has 72 valence electrons. The zero-order chi connectivity index (χ0) is 9.68. The molecule has 1 aromatic rings. The fourth-order valence-electron chi connectivity index (χ4n) is 1.53. The molecule has 2 nitrogen and oxygen atoms in total. The summed E-state index contributed by atoms with van der Waals surface area (Å²) in [5.41, 5.74) is 10.2. The van der Waals surface area contributed by atoms with Gasteiger partial charge in [-0.25, -0.2) is 5.43 Å². The molecule has 0 amide bonds. The molecule has 2 heteroatoms. The summed E-state index contributed by atoms with van der Waals surface area (Å²) in [5, 5.41) is 0. The second-order valence-electron chi connectivity index (χ2n) is 3.03. The number of hydrogen-bond donors (Lipinski definition) is 2. The predicted molar refractivity (Wildman–Crippen MR) is 57.9 cm³/mol. The Morgan fingerprint density at radius 2 is 1.62 bits per heavy atom. The Labute approximate surface area is 80.3 Å². The number of hydrazine groups is 1. The molecule has 0 aliphatic rings. The number of aryl methyl sites for hydroxylation is 2. The average molecular weight is 178 g/mol. The van der Waals surface area contributed by atoms with Gasteiger partial charge in [0.1, 0.15) is 0 Å². The van der Waals surface area contributed by atoms with Gasteiger partial charge >= 0.3 is 0 Å². The van der Waals surface area contributed by atoms with Crippen LogP contribution in [0.15, 0.2) is 18.2 Å². The van der Waals surface area contributed by atoms with E-state index in [1.165, 1.54) is 16.8 Å². The van der Waals surface area contributed by atoms with Crippen LogP contribution in [0.4, 0.5) is 5.69 Å². The molecule has 2 N–H and O–H groups in total. The number of benzene rings is 1. The van der Waals surface area contributed by atoms with Crippen LogP contribution in [0.1, 0.15) is 25.0 Å². The van der Waals surface area contributed by atoms with Crippen LogP contribution in [0, 0.1) is 0 Å². The molecular formula is C11H18N2. The van der Waals surface area contributed by atoms with Crippen LogP contribution in [-0.2, 0) is 12.8 Å². The van der Waals surface area contributed by atoms with Crippen LogP contribution in [-0.4, -0.2) is 7.05 Å². The lowest BCUT2D eigenvalue weighted by Gasteiger charge is -2.13. The van der Waals surface area contributed by atoms with Gasteiger partial charge in [0, 0.05) is 7.05 Å². The fraction of sp³-hybridized carbons (Fsp3) is 0.455. The lowest BCUT2D eigenvalue weighted by molar-refractivity contribution is 0.955. The van der Waals surface area contributed by atoms with E-state index in [9.17, 15) is 0 Å². The first kappa shape index (κ1) is 10.1. The van der Waals surface area contributed by atoms with Crippen molar-refractivity contribution in [1.29, 1.82) is 0 Å². The minimum Gasteiger partial charge on any atom is -0.321 e. The molecule has 0 radical (unpaired) electrons. The van der Waals surface area contributed by atoms with Crippen molar-refractivity contribution in [3.8, 4) is 0 Å². The van der Waals surface area contributed by atoms with Gasteiger partial charge in [0.15, 0.2) is 0 Å². The molecule has 0 heterocycles. The maximum atomic E-state index is 3.20. The van der Waals surface area contributed by atoms with Crippen LogP contribution in [0.3, 0.4) is 0 Å². The van der Waals surface area contributed by atoms with Crippen LogP contribution < -0.4 is 10.9 Å². The Morgan fingerprint density at radius 1 is 1.08 bits per heavy atom. The van der Waals surface area contributed by atoms with E-state index in [2.05, 4.69) is 42.9 Å². The first-order valence-electron chi connectivity index (χ1n) is 4.87. The normalized spacial score (nSPS) is 10.1. The highest BCUT2D eigenvalue weighted by atomic mass is 15.3. The number of para-hydroxylation sites is 1. The molecular weight excluding hydrogens is 160 g/mol. The Bertz CT molecular complexity index is 247. The lowest BCUT2D eigenvalue weighted by Crippen LogP contribution is -2.17. The molecule has 0 fully saturated rings. The number of rotatable bonds is 4. The van der Waals surface area contributed by atoms with Crippen molar-refractivity contribution in [2.45, 2.75) is 26.7 Å². The molecule has 0 aliphatic heterocycles. The summed E-state index contributed by atoms with van der Waals surface area (Å²) in [4.78, 5) is 0. The second kappa shape index (κ2) is 4.87. The molecule has 0 saturated heterocycles. The lowest BCUT2D eigenvalue weighted by atomic mass is 10.0. The zero-order valence-electron chi connectivity index (χ0n) is 8.65. The maximum absolute atomic E-state index is 3.20. The Morgan fingerprint density at radius 3 is 2.00 bits per heavy atom. The van der Waals surface area contributed by atoms with E-state index in [-0.39, 0.29) is 0 Å². The summed E-state index contributed by atoms with van der Waals surface area (Å²) < 4.78 is 0. The summed E-state index contributed by atoms with van der Waals surface area (Å²) in [6.45, 7) is 4.35. The minimum atomic E-state index is 1.07. The molecule has 0 saturated carbocycles. The summed E-state index contributed by atoms with van der Waals surface area (Å²) in [7, 11) is 1.89. The first-order valence-corrected chi connectivity index (χ1v) is 4.87. The third-order valence-electron chi connectivity index (χ3n) is 2.25. The highest BCUT2D eigenvalue weighted by Gasteiger charge is 2.03. The van der Waals surface area contributed by atoms with E-state index >= 15 is 0 Å². The van der Waals surface area contributed by atoms with Crippen LogP contribution >= 0.6 is 0 Å². The topological polar surface area (TPSA) is 24.1 Å². The van der Waals surface area contributed by atoms with E-state index in [1.807, 2.05) is 7.05 Å². The van der Waals surface area contributed by atoms with Crippen molar-refractivity contribution in [3.63, 3.8) is 0 Å². The standard InChI is InChI=1S/C11H18N2/c1-4-9-7-6-8-10(5-2)11(9)13-12-3/h6-8,12-13H,4-5H2,1-3H3. The van der Waals surface area contributed by atoms with Gasteiger partial charge in [-0.1, -0.05) is 32.0 Å². The Hall–Kier alpha value is -1.02. The second-order valence-corrected chi connectivity index (χ2v) is 3.03. The van der Waals surface area contributed by atoms with Crippen molar-refractivity contribution < 1.29 is 0 Å². The molecule has 13 heavy (non-hydrogen) atoms. The highest BCUT2D eigenvalue weighted by molar-refractivity contribution is 5.57. The van der Waals surface area contributed by atoms with E-state index in [1.54, 1.807) is 0 Å². The zero-order valence-corrected chi connectivity index (χ0v) is 8.65. The summed E-state index contributed by atoms with van der Waals surface area (Å²) >= 11 is 0. The third kappa shape index (κ3) is 2.22. The minimum absolute atomic E-state index is 1.07. The van der Waals surface area contributed by atoms with Gasteiger partial charge < -0.3 is 5.43 Å². The van der Waals surface area contributed by atoms with Gasteiger partial charge in [-0.3, -0.25) is 0 Å². The van der Waals surface area contributed by atoms with Crippen molar-refractivity contribution in [2.75, 3.05) is 12.5 Å². The monoisotopic (exact) mass is 178 g/mol. The van der Waals surface area contributed by atoms with Crippen molar-refractivity contribution in [1.82, 2.24) is 5.43 Å². The molecule has 0 bridgehead atoms. The third-order valence-corrected chi connectivity index (χ3v) is 2.25. The predicted octanol–water partition coefficient (Wildman–Crippen LogP) is 2.36. The molecule has 0 spiro atoms. The number of anilines is 1. The quantitative estimate of drug-likeness (QED) is 0.692. The van der Waals surface area contributed by atoms with Crippen LogP contribution in [0.2, 0.25) is 0 Å². The number of nitrogens with one attached hydrogen (secondary N) is 2. The van der Waals surface area contributed by atoms with Gasteiger partial charge in [0.2, 0.25) is 0 Å². The fourth-order valence-corrected chi connectivity index (χ4v) is 1.53. The first-order chi connectivity index (χ1) is 6.33. The summed E-state index contributed by atoms with van der Waals surface area (Å²) in [6, 6.07) is 6.45. The molecule has 1 aromatic carbocycles.